The molecule has 1 atom stereocenters. The summed E-state index contributed by atoms with van der Waals surface area (Å²) in [6.07, 6.45) is 1.42. The van der Waals surface area contributed by atoms with Crippen LogP contribution in [-0.4, -0.2) is 48.3 Å². The lowest BCUT2D eigenvalue weighted by Gasteiger charge is -2.33. The fourth-order valence-corrected chi connectivity index (χ4v) is 4.79. The zero-order chi connectivity index (χ0) is 25.7. The maximum Gasteiger partial charge on any atom is 0.252 e. The molecule has 2 N–H and O–H groups in total. The Bertz CT molecular complexity index is 1350. The lowest BCUT2D eigenvalue weighted by Crippen LogP contribution is -2.36. The van der Waals surface area contributed by atoms with Gasteiger partial charge in [0.15, 0.2) is 5.82 Å². The molecule has 4 rings (SSSR count). The van der Waals surface area contributed by atoms with E-state index < -0.39 is 0 Å². The fourth-order valence-electron chi connectivity index (χ4n) is 4.79. The maximum absolute atomic E-state index is 13.1. The van der Waals surface area contributed by atoms with Crippen molar-refractivity contribution >= 4 is 10.9 Å². The normalized spacial score (nSPS) is 12.6. The minimum atomic E-state index is -0.114. The van der Waals surface area contributed by atoms with E-state index in [1.807, 2.05) is 41.9 Å². The molecule has 0 unspecified atom stereocenters. The van der Waals surface area contributed by atoms with Gasteiger partial charge in [-0.05, 0) is 83.3 Å². The van der Waals surface area contributed by atoms with Gasteiger partial charge in [-0.1, -0.05) is 44.2 Å². The summed E-state index contributed by atoms with van der Waals surface area (Å²) in [4.78, 5) is 18.4. The van der Waals surface area contributed by atoms with Crippen LogP contribution in [0.1, 0.15) is 54.4 Å². The van der Waals surface area contributed by atoms with E-state index in [2.05, 4.69) is 64.4 Å². The lowest BCUT2D eigenvalue weighted by molar-refractivity contribution is 0.122. The Balaban J connectivity index is 1.65. The number of hydrogen-bond donors (Lipinski definition) is 2. The summed E-state index contributed by atoms with van der Waals surface area (Å²) in [7, 11) is 0. The first-order valence-electron chi connectivity index (χ1n) is 12.7. The highest BCUT2D eigenvalue weighted by Gasteiger charge is 2.29. The summed E-state index contributed by atoms with van der Waals surface area (Å²) < 4.78 is 1.88. The van der Waals surface area contributed by atoms with Crippen molar-refractivity contribution in [1.82, 2.24) is 30.1 Å². The molecule has 0 saturated heterocycles. The van der Waals surface area contributed by atoms with Crippen molar-refractivity contribution in [3.63, 3.8) is 0 Å². The van der Waals surface area contributed by atoms with Gasteiger partial charge in [-0.25, -0.2) is 4.68 Å². The van der Waals surface area contributed by atoms with E-state index in [-0.39, 0.29) is 24.1 Å². The molecule has 0 saturated carbocycles. The van der Waals surface area contributed by atoms with E-state index in [1.165, 1.54) is 11.1 Å². The van der Waals surface area contributed by atoms with Gasteiger partial charge in [-0.15, -0.1) is 5.10 Å². The number of aliphatic hydroxyl groups is 1. The summed E-state index contributed by atoms with van der Waals surface area (Å²) in [6.45, 7) is 10.2. The van der Waals surface area contributed by atoms with Crippen LogP contribution in [0.3, 0.4) is 0 Å². The quantitative estimate of drug-likeness (QED) is 0.332. The molecular weight excluding hydrogens is 452 g/mol. The molecule has 8 nitrogen and oxygen atoms in total. The molecule has 0 aliphatic carbocycles. The predicted molar refractivity (Wildman–Crippen MR) is 142 cm³/mol. The van der Waals surface area contributed by atoms with Gasteiger partial charge < -0.3 is 10.1 Å². The molecule has 0 radical (unpaired) electrons. The minimum Gasteiger partial charge on any atom is -0.396 e. The van der Waals surface area contributed by atoms with Crippen LogP contribution < -0.4 is 5.56 Å². The number of aromatic amines is 1. The maximum atomic E-state index is 13.1. The number of benzene rings is 2. The van der Waals surface area contributed by atoms with Crippen molar-refractivity contribution in [2.45, 2.75) is 59.7 Å². The molecule has 190 valence electrons. The Labute approximate surface area is 212 Å². The molecule has 0 bridgehead atoms. The second kappa shape index (κ2) is 11.6. The summed E-state index contributed by atoms with van der Waals surface area (Å²) in [5.74, 6) is 0.970. The minimum absolute atomic E-state index is 0.0762. The third-order valence-corrected chi connectivity index (χ3v) is 6.82. The third-order valence-electron chi connectivity index (χ3n) is 6.82. The van der Waals surface area contributed by atoms with Crippen LogP contribution in [0, 0.1) is 19.8 Å². The summed E-state index contributed by atoms with van der Waals surface area (Å²) >= 11 is 0. The van der Waals surface area contributed by atoms with Gasteiger partial charge in [0.05, 0.1) is 6.04 Å². The molecule has 0 fully saturated rings. The monoisotopic (exact) mass is 488 g/mol. The zero-order valence-corrected chi connectivity index (χ0v) is 21.6. The number of rotatable bonds is 11. The molecular formula is C28H36N6O2. The van der Waals surface area contributed by atoms with Crippen LogP contribution in [0.2, 0.25) is 0 Å². The highest BCUT2D eigenvalue weighted by atomic mass is 16.3. The number of aryl methyl sites for hydroxylation is 4. The molecule has 2 aromatic carbocycles. The Morgan fingerprint density at radius 3 is 2.56 bits per heavy atom. The molecule has 4 aromatic rings. The number of aliphatic hydroxyl groups excluding tert-OH is 1. The standard InChI is InChI=1S/C28H36N6O2/c1-19(2)26(27-30-31-32-34(27)13-11-22-9-6-5-7-10-22)33(12-8-14-35)18-24-17-23-15-20(3)21(4)16-25(23)29-28(24)36/h5-7,9-10,15-17,19,26,35H,8,11-14,18H2,1-4H3,(H,29,36)/t26-/m0/s1. The van der Waals surface area contributed by atoms with E-state index in [9.17, 15) is 9.90 Å². The Kier molecular flexibility index (Phi) is 8.28. The average molecular weight is 489 g/mol. The Morgan fingerprint density at radius 2 is 1.83 bits per heavy atom. The SMILES string of the molecule is Cc1cc2cc(CN(CCCO)[C@H](c3nnnn3CCc3ccccc3)C(C)C)c(=O)[nH]c2cc1C. The van der Waals surface area contributed by atoms with Crippen molar-refractivity contribution in [2.75, 3.05) is 13.2 Å². The molecule has 0 spiro atoms. The van der Waals surface area contributed by atoms with Crippen molar-refractivity contribution in [3.8, 4) is 0 Å². The number of aromatic nitrogens is 5. The second-order valence-electron chi connectivity index (χ2n) is 9.88. The molecule has 2 aromatic heterocycles. The van der Waals surface area contributed by atoms with Crippen molar-refractivity contribution in [1.29, 1.82) is 0 Å². The predicted octanol–water partition coefficient (Wildman–Crippen LogP) is 3.96. The van der Waals surface area contributed by atoms with Crippen LogP contribution in [0.5, 0.6) is 0 Å². The fraction of sp³-hybridized carbons (Fsp3) is 0.429. The Hall–Kier alpha value is -3.36. The summed E-state index contributed by atoms with van der Waals surface area (Å²) in [6, 6.07) is 16.3. The van der Waals surface area contributed by atoms with Crippen molar-refractivity contribution in [3.05, 3.63) is 87.0 Å². The smallest absolute Gasteiger partial charge is 0.252 e. The van der Waals surface area contributed by atoms with E-state index in [4.69, 9.17) is 0 Å². The molecule has 0 aliphatic rings. The van der Waals surface area contributed by atoms with Gasteiger partial charge in [-0.2, -0.15) is 0 Å². The Morgan fingerprint density at radius 1 is 1.08 bits per heavy atom. The van der Waals surface area contributed by atoms with Gasteiger partial charge in [-0.3, -0.25) is 9.69 Å². The number of hydrogen-bond acceptors (Lipinski definition) is 6. The topological polar surface area (TPSA) is 99.9 Å². The highest BCUT2D eigenvalue weighted by molar-refractivity contribution is 5.80. The van der Waals surface area contributed by atoms with E-state index >= 15 is 0 Å². The van der Waals surface area contributed by atoms with Gasteiger partial charge in [0.25, 0.3) is 5.56 Å². The third kappa shape index (κ3) is 5.88. The average Bonchev–Trinajstić information content (AvgIpc) is 3.31. The second-order valence-corrected chi connectivity index (χ2v) is 9.88. The number of H-pyrrole nitrogens is 1. The van der Waals surface area contributed by atoms with Crippen LogP contribution >= 0.6 is 0 Å². The first kappa shape index (κ1) is 25.7. The van der Waals surface area contributed by atoms with Gasteiger partial charge in [0.2, 0.25) is 0 Å². The highest BCUT2D eigenvalue weighted by Crippen LogP contribution is 2.29. The zero-order valence-electron chi connectivity index (χ0n) is 21.6. The van der Waals surface area contributed by atoms with Crippen LogP contribution in [0.4, 0.5) is 0 Å². The summed E-state index contributed by atoms with van der Waals surface area (Å²) in [5.41, 5.74) is 5.01. The number of tetrazole rings is 1. The lowest BCUT2D eigenvalue weighted by atomic mass is 9.99. The van der Waals surface area contributed by atoms with Gasteiger partial charge in [0.1, 0.15) is 0 Å². The van der Waals surface area contributed by atoms with Crippen molar-refractivity contribution in [2.24, 2.45) is 5.92 Å². The van der Waals surface area contributed by atoms with Crippen molar-refractivity contribution < 1.29 is 5.11 Å². The number of pyridine rings is 1. The van der Waals surface area contributed by atoms with Crippen LogP contribution in [0.25, 0.3) is 10.9 Å². The molecule has 2 heterocycles. The number of fused-ring (bicyclic) bond motifs is 1. The molecule has 0 aliphatic heterocycles. The van der Waals surface area contributed by atoms with E-state index in [0.717, 1.165) is 28.7 Å². The number of nitrogens with zero attached hydrogens (tertiary/aromatic N) is 5. The van der Waals surface area contributed by atoms with E-state index in [0.29, 0.717) is 31.6 Å². The summed E-state index contributed by atoms with van der Waals surface area (Å²) in [5, 5.41) is 23.3. The molecule has 36 heavy (non-hydrogen) atoms. The first-order chi connectivity index (χ1) is 17.4. The van der Waals surface area contributed by atoms with Gasteiger partial charge in [0, 0.05) is 37.3 Å². The van der Waals surface area contributed by atoms with Gasteiger partial charge >= 0.3 is 0 Å². The first-order valence-corrected chi connectivity index (χ1v) is 12.7. The van der Waals surface area contributed by atoms with Crippen LogP contribution in [-0.2, 0) is 19.5 Å². The van der Waals surface area contributed by atoms with Crippen LogP contribution in [0.15, 0.2) is 53.3 Å². The van der Waals surface area contributed by atoms with E-state index in [1.54, 1.807) is 0 Å². The molecule has 8 heteroatoms. The largest absolute Gasteiger partial charge is 0.396 e. The number of nitrogens with one attached hydrogen (secondary N) is 1. The molecule has 0 amide bonds.